The predicted molar refractivity (Wildman–Crippen MR) is 135 cm³/mol. The number of nitrogens with zero attached hydrogens (tertiary/aromatic N) is 4. The van der Waals surface area contributed by atoms with E-state index in [1.54, 1.807) is 9.58 Å². The summed E-state index contributed by atoms with van der Waals surface area (Å²) < 4.78 is 24.9. The maximum Gasteiger partial charge on any atom is 0.236 e. The molecule has 192 valence electrons. The van der Waals surface area contributed by atoms with Gasteiger partial charge in [0.15, 0.2) is 9.84 Å². The molecular formula is C25H31N5O5S. The van der Waals surface area contributed by atoms with E-state index in [4.69, 9.17) is 5.73 Å². The van der Waals surface area contributed by atoms with Crippen LogP contribution in [0.4, 0.5) is 0 Å². The molecule has 0 spiro atoms. The third-order valence-electron chi connectivity index (χ3n) is 6.50. The average Bonchev–Trinajstić information content (AvgIpc) is 3.27. The molecule has 0 radical (unpaired) electrons. The highest BCUT2D eigenvalue weighted by Crippen LogP contribution is 2.23. The Kier molecular flexibility index (Phi) is 8.75. The van der Waals surface area contributed by atoms with E-state index < -0.39 is 14.6 Å². The molecule has 1 atom stereocenters. The van der Waals surface area contributed by atoms with Crippen LogP contribution in [0.1, 0.15) is 31.7 Å². The molecule has 1 saturated heterocycles. The van der Waals surface area contributed by atoms with Crippen LogP contribution in [0.25, 0.3) is 10.9 Å². The van der Waals surface area contributed by atoms with E-state index in [2.05, 4.69) is 28.8 Å². The van der Waals surface area contributed by atoms with Crippen LogP contribution in [0.15, 0.2) is 24.4 Å². The van der Waals surface area contributed by atoms with Crippen LogP contribution >= 0.6 is 0 Å². The number of aromatic nitrogens is 2. The molecule has 0 saturated carbocycles. The zero-order valence-electron chi connectivity index (χ0n) is 20.5. The summed E-state index contributed by atoms with van der Waals surface area (Å²) in [5.41, 5.74) is 6.93. The van der Waals surface area contributed by atoms with Gasteiger partial charge in [0.25, 0.3) is 0 Å². The number of carbonyl (C=O) groups excluding carboxylic acids is 2. The first-order valence-electron chi connectivity index (χ1n) is 11.6. The number of likely N-dealkylation sites (tertiary alicyclic amines) is 1. The second kappa shape index (κ2) is 11.6. The number of nitrogens with two attached hydrogens (primary N) is 1. The van der Waals surface area contributed by atoms with Crippen molar-refractivity contribution in [3.05, 3.63) is 30.0 Å². The van der Waals surface area contributed by atoms with Crippen LogP contribution < -0.4 is 5.73 Å². The SMILES string of the molecule is C[C@@](CCn1cc2cc(C#CC#CC3CCN(C(=O)CN)CC3)ccc2n1)(CN(O)C=O)S(C)(=O)=O. The lowest BCUT2D eigenvalue weighted by atomic mass is 9.97. The van der Waals surface area contributed by atoms with Crippen LogP contribution in [-0.4, -0.2) is 82.9 Å². The van der Waals surface area contributed by atoms with Gasteiger partial charge in [0.1, 0.15) is 0 Å². The summed E-state index contributed by atoms with van der Waals surface area (Å²) in [7, 11) is -3.56. The molecule has 3 N–H and O–H groups in total. The molecule has 36 heavy (non-hydrogen) atoms. The molecule has 1 fully saturated rings. The van der Waals surface area contributed by atoms with Gasteiger partial charge in [-0.1, -0.05) is 11.8 Å². The molecule has 2 aromatic rings. The number of fused-ring (bicyclic) bond motifs is 1. The van der Waals surface area contributed by atoms with Gasteiger partial charge in [-0.25, -0.2) is 13.5 Å². The van der Waals surface area contributed by atoms with E-state index in [-0.39, 0.29) is 44.3 Å². The number of carbonyl (C=O) groups is 2. The molecule has 0 aliphatic carbocycles. The number of benzene rings is 1. The van der Waals surface area contributed by atoms with Gasteiger partial charge in [-0.15, -0.1) is 0 Å². The number of hydrogen-bond donors (Lipinski definition) is 2. The van der Waals surface area contributed by atoms with Crippen LogP contribution in [0, 0.1) is 29.6 Å². The van der Waals surface area contributed by atoms with Crippen LogP contribution in [-0.2, 0) is 26.0 Å². The molecule has 10 nitrogen and oxygen atoms in total. The van der Waals surface area contributed by atoms with Crippen molar-refractivity contribution < 1.29 is 23.2 Å². The number of amides is 2. The predicted octanol–water partition coefficient (Wildman–Crippen LogP) is 0.630. The minimum atomic E-state index is -3.56. The number of aryl methyl sites for hydroxylation is 1. The Bertz CT molecular complexity index is 1340. The molecule has 0 unspecified atom stereocenters. The molecule has 1 aliphatic rings. The molecule has 3 rings (SSSR count). The van der Waals surface area contributed by atoms with Crippen molar-refractivity contribution in [1.82, 2.24) is 19.7 Å². The quantitative estimate of drug-likeness (QED) is 0.228. The molecule has 1 aromatic carbocycles. The van der Waals surface area contributed by atoms with Crippen molar-refractivity contribution in [2.75, 3.05) is 32.4 Å². The van der Waals surface area contributed by atoms with E-state index in [9.17, 15) is 23.2 Å². The lowest BCUT2D eigenvalue weighted by molar-refractivity contribution is -0.151. The number of rotatable bonds is 8. The molecule has 0 bridgehead atoms. The Morgan fingerprint density at radius 3 is 2.69 bits per heavy atom. The zero-order valence-corrected chi connectivity index (χ0v) is 21.3. The standard InChI is InChI=1S/C25H31N5O5S/c1-25(36(2,34)35,18-30(33)19-31)11-14-29-17-22-15-21(7-8-23(22)27-29)6-4-3-5-20-9-12-28(13-10-20)24(32)16-26/h7-8,15,17,19-20,33H,9-14,16,18,26H2,1-2H3/t25-/m1/s1. The Hall–Kier alpha value is -3.38. The molecule has 2 heterocycles. The molecule has 11 heteroatoms. The summed E-state index contributed by atoms with van der Waals surface area (Å²) in [5.74, 6) is 12.2. The van der Waals surface area contributed by atoms with Gasteiger partial charge in [-0.2, -0.15) is 5.10 Å². The highest BCUT2D eigenvalue weighted by Gasteiger charge is 2.37. The fourth-order valence-electron chi connectivity index (χ4n) is 4.03. The van der Waals surface area contributed by atoms with Gasteiger partial charge in [-0.3, -0.25) is 19.5 Å². The molecular weight excluding hydrogens is 482 g/mol. The highest BCUT2D eigenvalue weighted by molar-refractivity contribution is 7.92. The first-order chi connectivity index (χ1) is 17.0. The third kappa shape index (κ3) is 6.85. The van der Waals surface area contributed by atoms with Crippen molar-refractivity contribution in [1.29, 1.82) is 0 Å². The zero-order chi connectivity index (χ0) is 26.3. The van der Waals surface area contributed by atoms with Crippen molar-refractivity contribution in [3.63, 3.8) is 0 Å². The molecule has 2 amide bonds. The monoisotopic (exact) mass is 513 g/mol. The van der Waals surface area contributed by atoms with Crippen LogP contribution in [0.5, 0.6) is 0 Å². The third-order valence-corrected chi connectivity index (χ3v) is 8.63. The van der Waals surface area contributed by atoms with Crippen LogP contribution in [0.2, 0.25) is 0 Å². The van der Waals surface area contributed by atoms with Crippen molar-refractivity contribution in [3.8, 4) is 23.7 Å². The second-order valence-electron chi connectivity index (χ2n) is 9.22. The van der Waals surface area contributed by atoms with Gasteiger partial charge in [0.2, 0.25) is 12.3 Å². The number of hydrogen-bond acceptors (Lipinski definition) is 7. The Morgan fingerprint density at radius 2 is 2.06 bits per heavy atom. The van der Waals surface area contributed by atoms with Gasteiger partial charge in [-0.05, 0) is 56.2 Å². The fraction of sp³-hybridized carbons (Fsp3) is 0.480. The first-order valence-corrected chi connectivity index (χ1v) is 13.5. The summed E-state index contributed by atoms with van der Waals surface area (Å²) in [6.45, 7) is 2.82. The van der Waals surface area contributed by atoms with Gasteiger partial charge in [0, 0.05) is 49.0 Å². The fourth-order valence-corrected chi connectivity index (χ4v) is 4.85. The smallest absolute Gasteiger partial charge is 0.236 e. The van der Waals surface area contributed by atoms with Gasteiger partial charge >= 0.3 is 0 Å². The highest BCUT2D eigenvalue weighted by atomic mass is 32.2. The second-order valence-corrected chi connectivity index (χ2v) is 11.7. The maximum absolute atomic E-state index is 12.3. The number of piperidine rings is 1. The topological polar surface area (TPSA) is 139 Å². The summed E-state index contributed by atoms with van der Waals surface area (Å²) in [4.78, 5) is 24.2. The van der Waals surface area contributed by atoms with Crippen molar-refractivity contribution in [2.24, 2.45) is 11.7 Å². The van der Waals surface area contributed by atoms with E-state index in [0.717, 1.165) is 35.6 Å². The van der Waals surface area contributed by atoms with Gasteiger partial charge in [0.05, 0.1) is 23.4 Å². The first kappa shape index (κ1) is 27.2. The summed E-state index contributed by atoms with van der Waals surface area (Å²) in [6.07, 6.45) is 4.87. The number of hydroxylamine groups is 2. The van der Waals surface area contributed by atoms with Crippen molar-refractivity contribution >= 4 is 33.1 Å². The largest absolute Gasteiger partial charge is 0.342 e. The van der Waals surface area contributed by atoms with Gasteiger partial charge < -0.3 is 10.6 Å². The minimum Gasteiger partial charge on any atom is -0.342 e. The number of sulfone groups is 1. The maximum atomic E-state index is 12.3. The van der Waals surface area contributed by atoms with E-state index >= 15 is 0 Å². The minimum absolute atomic E-state index is 0.0287. The van der Waals surface area contributed by atoms with E-state index in [0.29, 0.717) is 18.2 Å². The average molecular weight is 514 g/mol. The summed E-state index contributed by atoms with van der Waals surface area (Å²) >= 11 is 0. The lowest BCUT2D eigenvalue weighted by Crippen LogP contribution is -2.45. The van der Waals surface area contributed by atoms with Crippen LogP contribution in [0.3, 0.4) is 0 Å². The molecule has 1 aliphatic heterocycles. The lowest BCUT2D eigenvalue weighted by Gasteiger charge is -2.29. The summed E-state index contributed by atoms with van der Waals surface area (Å²) in [6, 6.07) is 5.58. The van der Waals surface area contributed by atoms with E-state index in [1.807, 2.05) is 24.4 Å². The van der Waals surface area contributed by atoms with Crippen molar-refractivity contribution in [2.45, 2.75) is 37.5 Å². The molecule has 1 aromatic heterocycles. The Balaban J connectivity index is 1.64. The van der Waals surface area contributed by atoms with E-state index in [1.165, 1.54) is 6.92 Å². The normalized spacial score (nSPS) is 15.8. The Labute approximate surface area is 211 Å². The Morgan fingerprint density at radius 1 is 1.33 bits per heavy atom. The summed E-state index contributed by atoms with van der Waals surface area (Å²) in [5, 5.41) is 15.2.